The van der Waals surface area contributed by atoms with E-state index in [1.54, 1.807) is 24.3 Å². The standard InChI is InChI=1S/C14H14Cl2N2O2S2/c1-17(2)6-5-10-8-12(18(19)20)14(21-10)22-13-4-3-9(15)7-11(13)16/h3-4,7-8H,5-6H2,1-2H3. The Labute approximate surface area is 147 Å². The van der Waals surface area contributed by atoms with Gasteiger partial charge in [0.25, 0.3) is 5.69 Å². The molecule has 2 rings (SSSR count). The SMILES string of the molecule is CN(C)CCc1cc([N+](=O)[O-])c(Sc2ccc(Cl)cc2Cl)s1. The van der Waals surface area contributed by atoms with E-state index in [4.69, 9.17) is 23.2 Å². The molecule has 2 aromatic rings. The Morgan fingerprint density at radius 2 is 2.05 bits per heavy atom. The van der Waals surface area contributed by atoms with E-state index in [1.807, 2.05) is 14.1 Å². The third kappa shape index (κ3) is 4.60. The zero-order valence-corrected chi connectivity index (χ0v) is 15.2. The molecule has 0 aliphatic rings. The van der Waals surface area contributed by atoms with Crippen LogP contribution in [0.2, 0.25) is 10.0 Å². The summed E-state index contributed by atoms with van der Waals surface area (Å²) >= 11 is 14.8. The number of rotatable bonds is 6. The third-order valence-corrected chi connectivity index (χ3v) is 5.94. The van der Waals surface area contributed by atoms with Gasteiger partial charge in [-0.25, -0.2) is 0 Å². The number of hydrogen-bond acceptors (Lipinski definition) is 5. The summed E-state index contributed by atoms with van der Waals surface area (Å²) in [6.45, 7) is 0.851. The van der Waals surface area contributed by atoms with Crippen molar-refractivity contribution in [3.8, 4) is 0 Å². The summed E-state index contributed by atoms with van der Waals surface area (Å²) in [6.07, 6.45) is 0.785. The predicted molar refractivity (Wildman–Crippen MR) is 93.8 cm³/mol. The first kappa shape index (κ1) is 17.6. The summed E-state index contributed by atoms with van der Waals surface area (Å²) in [4.78, 5) is 14.7. The molecule has 0 aliphatic heterocycles. The quantitative estimate of drug-likeness (QED) is 0.512. The minimum absolute atomic E-state index is 0.134. The smallest absolute Gasteiger partial charge is 0.294 e. The topological polar surface area (TPSA) is 46.4 Å². The minimum Gasteiger partial charge on any atom is -0.309 e. The van der Waals surface area contributed by atoms with Crippen molar-refractivity contribution in [1.29, 1.82) is 0 Å². The number of hydrogen-bond donors (Lipinski definition) is 0. The molecule has 1 heterocycles. The van der Waals surface area contributed by atoms with Gasteiger partial charge >= 0.3 is 0 Å². The van der Waals surface area contributed by atoms with Crippen LogP contribution < -0.4 is 0 Å². The Hall–Kier alpha value is -0.790. The highest BCUT2D eigenvalue weighted by molar-refractivity contribution is 8.01. The van der Waals surface area contributed by atoms with Crippen molar-refractivity contribution in [2.75, 3.05) is 20.6 Å². The first-order chi connectivity index (χ1) is 10.4. The van der Waals surface area contributed by atoms with E-state index in [-0.39, 0.29) is 10.6 Å². The maximum atomic E-state index is 11.2. The van der Waals surface area contributed by atoms with Crippen LogP contribution in [0, 0.1) is 10.1 Å². The number of likely N-dealkylation sites (N-methyl/N-ethyl adjacent to an activating group) is 1. The molecule has 0 fully saturated rings. The van der Waals surface area contributed by atoms with Crippen LogP contribution in [0.4, 0.5) is 5.69 Å². The van der Waals surface area contributed by atoms with Crippen molar-refractivity contribution in [3.63, 3.8) is 0 Å². The fraction of sp³-hybridized carbons (Fsp3) is 0.286. The van der Waals surface area contributed by atoms with E-state index in [1.165, 1.54) is 23.1 Å². The van der Waals surface area contributed by atoms with Crippen LogP contribution in [0.1, 0.15) is 4.88 Å². The molecule has 0 atom stereocenters. The highest BCUT2D eigenvalue weighted by Gasteiger charge is 2.21. The molecule has 22 heavy (non-hydrogen) atoms. The molecule has 1 aromatic carbocycles. The lowest BCUT2D eigenvalue weighted by molar-refractivity contribution is -0.387. The lowest BCUT2D eigenvalue weighted by Crippen LogP contribution is -2.14. The molecule has 8 heteroatoms. The monoisotopic (exact) mass is 376 g/mol. The van der Waals surface area contributed by atoms with E-state index < -0.39 is 0 Å². The molecule has 0 unspecified atom stereocenters. The second kappa shape index (κ2) is 7.66. The van der Waals surface area contributed by atoms with Crippen LogP contribution in [0.3, 0.4) is 0 Å². The van der Waals surface area contributed by atoms with Crippen LogP contribution in [0.25, 0.3) is 0 Å². The van der Waals surface area contributed by atoms with Crippen LogP contribution in [-0.2, 0) is 6.42 Å². The van der Waals surface area contributed by atoms with Gasteiger partial charge in [-0.15, -0.1) is 11.3 Å². The molecule has 0 spiro atoms. The molecule has 0 saturated heterocycles. The van der Waals surface area contributed by atoms with Crippen LogP contribution in [-0.4, -0.2) is 30.5 Å². The van der Waals surface area contributed by atoms with Crippen molar-refractivity contribution in [1.82, 2.24) is 4.90 Å². The van der Waals surface area contributed by atoms with Gasteiger partial charge in [-0.3, -0.25) is 10.1 Å². The van der Waals surface area contributed by atoms with Crippen LogP contribution in [0.5, 0.6) is 0 Å². The van der Waals surface area contributed by atoms with Gasteiger partial charge in [0.05, 0.1) is 9.95 Å². The largest absolute Gasteiger partial charge is 0.309 e. The second-order valence-electron chi connectivity index (χ2n) is 4.87. The summed E-state index contributed by atoms with van der Waals surface area (Å²) in [5.41, 5.74) is 0.134. The third-order valence-electron chi connectivity index (χ3n) is 2.83. The fourth-order valence-corrected chi connectivity index (χ4v) is 4.58. The van der Waals surface area contributed by atoms with E-state index in [9.17, 15) is 10.1 Å². The molecule has 1 aromatic heterocycles. The molecular formula is C14H14Cl2N2O2S2. The van der Waals surface area contributed by atoms with E-state index in [0.29, 0.717) is 14.3 Å². The Morgan fingerprint density at radius 1 is 1.32 bits per heavy atom. The van der Waals surface area contributed by atoms with Crippen LogP contribution in [0.15, 0.2) is 33.4 Å². The van der Waals surface area contributed by atoms with Crippen molar-refractivity contribution < 1.29 is 4.92 Å². The molecule has 0 N–H and O–H groups in total. The zero-order valence-electron chi connectivity index (χ0n) is 12.0. The summed E-state index contributed by atoms with van der Waals surface area (Å²) in [6, 6.07) is 6.79. The Morgan fingerprint density at radius 3 is 2.64 bits per heavy atom. The average Bonchev–Trinajstić information content (AvgIpc) is 2.83. The Balaban J connectivity index is 2.26. The molecule has 0 amide bonds. The first-order valence-corrected chi connectivity index (χ1v) is 8.80. The van der Waals surface area contributed by atoms with E-state index in [0.717, 1.165) is 22.7 Å². The van der Waals surface area contributed by atoms with Crippen molar-refractivity contribution >= 4 is 52.0 Å². The molecule has 118 valence electrons. The highest BCUT2D eigenvalue weighted by atomic mass is 35.5. The lowest BCUT2D eigenvalue weighted by Gasteiger charge is -2.06. The number of nitro groups is 1. The maximum Gasteiger partial charge on any atom is 0.294 e. The van der Waals surface area contributed by atoms with Gasteiger partial charge < -0.3 is 4.90 Å². The maximum absolute atomic E-state index is 11.2. The van der Waals surface area contributed by atoms with Crippen molar-refractivity contribution in [2.24, 2.45) is 0 Å². The summed E-state index contributed by atoms with van der Waals surface area (Å²) in [5, 5.41) is 12.3. The number of halogens is 2. The Kier molecular flexibility index (Phi) is 6.11. The summed E-state index contributed by atoms with van der Waals surface area (Å²) in [5.74, 6) is 0. The lowest BCUT2D eigenvalue weighted by atomic mass is 10.3. The Bertz CT molecular complexity index is 689. The molecule has 0 saturated carbocycles. The molecule has 4 nitrogen and oxygen atoms in total. The van der Waals surface area contributed by atoms with Gasteiger partial charge in [-0.1, -0.05) is 35.0 Å². The zero-order chi connectivity index (χ0) is 16.3. The predicted octanol–water partition coefficient (Wildman–Crippen LogP) is 5.22. The summed E-state index contributed by atoms with van der Waals surface area (Å²) < 4.78 is 0.642. The van der Waals surface area contributed by atoms with Crippen molar-refractivity contribution in [2.45, 2.75) is 15.5 Å². The first-order valence-electron chi connectivity index (χ1n) is 6.41. The van der Waals surface area contributed by atoms with Gasteiger partial charge in [0.15, 0.2) is 0 Å². The molecule has 0 bridgehead atoms. The van der Waals surface area contributed by atoms with Crippen LogP contribution >= 0.6 is 46.3 Å². The highest BCUT2D eigenvalue weighted by Crippen LogP contribution is 2.44. The molecule has 0 aliphatic carbocycles. The number of nitrogens with zero attached hydrogens (tertiary/aromatic N) is 2. The molecular weight excluding hydrogens is 363 g/mol. The van der Waals surface area contributed by atoms with E-state index >= 15 is 0 Å². The van der Waals surface area contributed by atoms with Gasteiger partial charge in [0, 0.05) is 27.4 Å². The summed E-state index contributed by atoms with van der Waals surface area (Å²) in [7, 11) is 3.95. The normalized spacial score (nSPS) is 11.1. The fourth-order valence-electron chi connectivity index (χ4n) is 1.73. The minimum atomic E-state index is -0.345. The van der Waals surface area contributed by atoms with Gasteiger partial charge in [0.1, 0.15) is 4.21 Å². The van der Waals surface area contributed by atoms with Gasteiger partial charge in [0.2, 0.25) is 0 Å². The van der Waals surface area contributed by atoms with Gasteiger partial charge in [-0.05, 0) is 38.7 Å². The van der Waals surface area contributed by atoms with E-state index in [2.05, 4.69) is 4.90 Å². The molecule has 0 radical (unpaired) electrons. The second-order valence-corrected chi connectivity index (χ2v) is 8.16. The van der Waals surface area contributed by atoms with Gasteiger partial charge in [-0.2, -0.15) is 0 Å². The average molecular weight is 377 g/mol. The van der Waals surface area contributed by atoms with Crippen molar-refractivity contribution in [3.05, 3.63) is 49.3 Å². The number of benzene rings is 1. The number of thiophene rings is 1.